The second-order valence-corrected chi connectivity index (χ2v) is 5.68. The summed E-state index contributed by atoms with van der Waals surface area (Å²) < 4.78 is 6.41. The third-order valence-corrected chi connectivity index (χ3v) is 4.31. The lowest BCUT2D eigenvalue weighted by molar-refractivity contribution is 0.149. The van der Waals surface area contributed by atoms with Crippen LogP contribution in [-0.2, 0) is 4.74 Å². The quantitative estimate of drug-likeness (QED) is 0.826. The topological polar surface area (TPSA) is 21.3 Å². The van der Waals surface area contributed by atoms with Gasteiger partial charge >= 0.3 is 0 Å². The largest absolute Gasteiger partial charge is 0.384 e. The molecule has 0 radical (unpaired) electrons. The van der Waals surface area contributed by atoms with Gasteiger partial charge in [0.25, 0.3) is 0 Å². The number of thiophene rings is 1. The fourth-order valence-electron chi connectivity index (χ4n) is 1.86. The highest BCUT2D eigenvalue weighted by molar-refractivity contribution is 9.10. The van der Waals surface area contributed by atoms with Crippen molar-refractivity contribution in [1.29, 1.82) is 0 Å². The second-order valence-electron chi connectivity index (χ2n) is 4.08. The van der Waals surface area contributed by atoms with Gasteiger partial charge in [-0.3, -0.25) is 0 Å². The molecule has 2 unspecified atom stereocenters. The zero-order chi connectivity index (χ0) is 12.0. The van der Waals surface area contributed by atoms with Crippen LogP contribution in [0.5, 0.6) is 0 Å². The molecule has 1 aromatic heterocycles. The number of nitrogens with one attached hydrogen (secondary N) is 1. The van der Waals surface area contributed by atoms with E-state index in [1.54, 1.807) is 18.4 Å². The van der Waals surface area contributed by atoms with Crippen LogP contribution in [0.25, 0.3) is 0 Å². The molecule has 0 fully saturated rings. The molecular formula is C12H20BrNOS. The minimum Gasteiger partial charge on any atom is -0.384 e. The maximum atomic E-state index is 5.19. The highest BCUT2D eigenvalue weighted by Crippen LogP contribution is 2.31. The Morgan fingerprint density at radius 3 is 2.75 bits per heavy atom. The molecule has 92 valence electrons. The van der Waals surface area contributed by atoms with Crippen molar-refractivity contribution in [2.75, 3.05) is 20.3 Å². The van der Waals surface area contributed by atoms with Crippen LogP contribution in [-0.4, -0.2) is 20.3 Å². The van der Waals surface area contributed by atoms with E-state index < -0.39 is 0 Å². The molecule has 16 heavy (non-hydrogen) atoms. The second kappa shape index (κ2) is 7.43. The fraction of sp³-hybridized carbons (Fsp3) is 0.667. The first-order valence-electron chi connectivity index (χ1n) is 5.62. The third kappa shape index (κ3) is 4.17. The number of halogens is 1. The van der Waals surface area contributed by atoms with E-state index in [9.17, 15) is 0 Å². The van der Waals surface area contributed by atoms with Crippen molar-refractivity contribution < 1.29 is 4.74 Å². The molecule has 1 rings (SSSR count). The normalized spacial score (nSPS) is 15.0. The van der Waals surface area contributed by atoms with Crippen molar-refractivity contribution >= 4 is 27.3 Å². The van der Waals surface area contributed by atoms with Crippen LogP contribution in [0.4, 0.5) is 0 Å². The lowest BCUT2D eigenvalue weighted by Gasteiger charge is -2.21. The molecule has 0 aliphatic heterocycles. The van der Waals surface area contributed by atoms with E-state index in [-0.39, 0.29) is 0 Å². The average Bonchev–Trinajstić information content (AvgIpc) is 2.64. The molecule has 2 nitrogen and oxygen atoms in total. The van der Waals surface area contributed by atoms with Gasteiger partial charge < -0.3 is 10.1 Å². The molecule has 0 saturated carbocycles. The van der Waals surface area contributed by atoms with Gasteiger partial charge in [-0.15, -0.1) is 0 Å². The number of methoxy groups -OCH3 is 1. The smallest absolute Gasteiger partial charge is 0.0488 e. The van der Waals surface area contributed by atoms with Gasteiger partial charge in [0.05, 0.1) is 0 Å². The van der Waals surface area contributed by atoms with Gasteiger partial charge in [-0.2, -0.15) is 11.3 Å². The van der Waals surface area contributed by atoms with Crippen molar-refractivity contribution in [3.63, 3.8) is 0 Å². The zero-order valence-corrected chi connectivity index (χ0v) is 12.5. The standard InChI is InChI=1S/C12H20BrNOS/c1-4-14-12(5-9(2)6-15-3)10-7-16-8-11(10)13/h7-9,12,14H,4-6H2,1-3H3. The van der Waals surface area contributed by atoms with Crippen molar-refractivity contribution in [2.45, 2.75) is 26.3 Å². The van der Waals surface area contributed by atoms with Crippen molar-refractivity contribution in [3.05, 3.63) is 20.8 Å². The van der Waals surface area contributed by atoms with Gasteiger partial charge in [-0.1, -0.05) is 13.8 Å². The molecule has 4 heteroatoms. The summed E-state index contributed by atoms with van der Waals surface area (Å²) in [5.41, 5.74) is 1.37. The van der Waals surface area contributed by atoms with Gasteiger partial charge in [0.1, 0.15) is 0 Å². The minimum absolute atomic E-state index is 0.427. The van der Waals surface area contributed by atoms with Gasteiger partial charge in [0.2, 0.25) is 0 Å². The van der Waals surface area contributed by atoms with E-state index in [2.05, 4.69) is 45.9 Å². The summed E-state index contributed by atoms with van der Waals surface area (Å²) in [6.07, 6.45) is 1.11. The highest BCUT2D eigenvalue weighted by atomic mass is 79.9. The Morgan fingerprint density at radius 2 is 2.25 bits per heavy atom. The SMILES string of the molecule is CCNC(CC(C)COC)c1cscc1Br. The molecule has 0 aliphatic carbocycles. The van der Waals surface area contributed by atoms with E-state index in [0.29, 0.717) is 12.0 Å². The first-order valence-corrected chi connectivity index (χ1v) is 7.36. The number of hydrogen-bond donors (Lipinski definition) is 1. The summed E-state index contributed by atoms with van der Waals surface area (Å²) in [6, 6.07) is 0.427. The van der Waals surface area contributed by atoms with Gasteiger partial charge in [0, 0.05) is 29.6 Å². The highest BCUT2D eigenvalue weighted by Gasteiger charge is 2.17. The Hall–Kier alpha value is 0.100. The summed E-state index contributed by atoms with van der Waals surface area (Å²) >= 11 is 5.35. The first kappa shape index (κ1) is 14.2. The third-order valence-electron chi connectivity index (χ3n) is 2.56. The Labute approximate surface area is 111 Å². The van der Waals surface area contributed by atoms with E-state index in [1.807, 2.05) is 0 Å². The van der Waals surface area contributed by atoms with E-state index in [0.717, 1.165) is 19.6 Å². The average molecular weight is 306 g/mol. The predicted octanol–water partition coefficient (Wildman–Crippen LogP) is 3.83. The van der Waals surface area contributed by atoms with Gasteiger partial charge in [-0.25, -0.2) is 0 Å². The van der Waals surface area contributed by atoms with Gasteiger partial charge in [0.15, 0.2) is 0 Å². The van der Waals surface area contributed by atoms with Crippen LogP contribution < -0.4 is 5.32 Å². The minimum atomic E-state index is 0.427. The summed E-state index contributed by atoms with van der Waals surface area (Å²) in [5, 5.41) is 7.89. The number of hydrogen-bond acceptors (Lipinski definition) is 3. The lowest BCUT2D eigenvalue weighted by Crippen LogP contribution is -2.24. The molecule has 0 saturated heterocycles. The molecule has 0 aromatic carbocycles. The summed E-state index contributed by atoms with van der Waals surface area (Å²) in [7, 11) is 1.76. The van der Waals surface area contributed by atoms with Crippen molar-refractivity contribution in [1.82, 2.24) is 5.32 Å². The predicted molar refractivity (Wildman–Crippen MR) is 74.1 cm³/mol. The molecule has 1 heterocycles. The summed E-state index contributed by atoms with van der Waals surface area (Å²) in [4.78, 5) is 0. The molecule has 1 N–H and O–H groups in total. The van der Waals surface area contributed by atoms with Crippen LogP contribution in [0.3, 0.4) is 0 Å². The number of ether oxygens (including phenoxy) is 1. The Morgan fingerprint density at radius 1 is 1.50 bits per heavy atom. The maximum absolute atomic E-state index is 5.19. The summed E-state index contributed by atoms with van der Waals surface area (Å²) in [6.45, 7) is 6.19. The van der Waals surface area contributed by atoms with Crippen LogP contribution in [0.1, 0.15) is 31.9 Å². The first-order chi connectivity index (χ1) is 7.69. The molecular weight excluding hydrogens is 286 g/mol. The van der Waals surface area contributed by atoms with Crippen molar-refractivity contribution in [3.8, 4) is 0 Å². The lowest BCUT2D eigenvalue weighted by atomic mass is 9.98. The van der Waals surface area contributed by atoms with Crippen LogP contribution >= 0.6 is 27.3 Å². The Balaban J connectivity index is 2.64. The van der Waals surface area contributed by atoms with E-state index in [4.69, 9.17) is 4.74 Å². The molecule has 2 atom stereocenters. The molecule has 0 amide bonds. The van der Waals surface area contributed by atoms with Crippen molar-refractivity contribution in [2.24, 2.45) is 5.92 Å². The molecule has 1 aromatic rings. The monoisotopic (exact) mass is 305 g/mol. The van der Waals surface area contributed by atoms with E-state index >= 15 is 0 Å². The maximum Gasteiger partial charge on any atom is 0.0488 e. The van der Waals surface area contributed by atoms with Crippen LogP contribution in [0, 0.1) is 5.92 Å². The molecule has 0 aliphatic rings. The Bertz CT molecular complexity index is 303. The Kier molecular flexibility index (Phi) is 6.58. The molecule has 0 bridgehead atoms. The number of rotatable bonds is 7. The fourth-order valence-corrected chi connectivity index (χ4v) is 3.49. The van der Waals surface area contributed by atoms with Crippen LogP contribution in [0.15, 0.2) is 15.2 Å². The summed E-state index contributed by atoms with van der Waals surface area (Å²) in [5.74, 6) is 0.570. The van der Waals surface area contributed by atoms with E-state index in [1.165, 1.54) is 10.0 Å². The molecule has 0 spiro atoms. The van der Waals surface area contributed by atoms with Gasteiger partial charge in [-0.05, 0) is 45.8 Å². The van der Waals surface area contributed by atoms with Crippen LogP contribution in [0.2, 0.25) is 0 Å². The zero-order valence-electron chi connectivity index (χ0n) is 10.1.